The third-order valence-corrected chi connectivity index (χ3v) is 4.15. The largest absolute Gasteiger partial charge is 0.454 e. The number of aryl methyl sites for hydroxylation is 1. The van der Waals surface area contributed by atoms with E-state index in [1.165, 1.54) is 0 Å². The third-order valence-electron chi connectivity index (χ3n) is 4.15. The zero-order valence-corrected chi connectivity index (χ0v) is 16.4. The van der Waals surface area contributed by atoms with Crippen molar-refractivity contribution in [3.8, 4) is 0 Å². The number of para-hydroxylation sites is 1. The lowest BCUT2D eigenvalue weighted by atomic mass is 10.1. The molecule has 0 aliphatic heterocycles. The molecular formula is C21H23N5O3. The Morgan fingerprint density at radius 2 is 1.90 bits per heavy atom. The summed E-state index contributed by atoms with van der Waals surface area (Å²) in [5, 5.41) is 3.15. The number of nitrogen functional groups attached to an aromatic ring is 1. The van der Waals surface area contributed by atoms with Gasteiger partial charge in [0.05, 0.1) is 12.2 Å². The van der Waals surface area contributed by atoms with Gasteiger partial charge in [-0.05, 0) is 35.7 Å². The van der Waals surface area contributed by atoms with Crippen LogP contribution in [0.5, 0.6) is 0 Å². The van der Waals surface area contributed by atoms with E-state index in [1.54, 1.807) is 25.3 Å². The lowest BCUT2D eigenvalue weighted by Gasteiger charge is -2.11. The molecule has 0 saturated heterocycles. The van der Waals surface area contributed by atoms with E-state index in [1.807, 2.05) is 30.3 Å². The van der Waals surface area contributed by atoms with Crippen LogP contribution in [0.25, 0.3) is 0 Å². The lowest BCUT2D eigenvalue weighted by Crippen LogP contribution is -2.11. The highest BCUT2D eigenvalue weighted by Crippen LogP contribution is 2.19. The van der Waals surface area contributed by atoms with Gasteiger partial charge in [0.25, 0.3) is 0 Å². The summed E-state index contributed by atoms with van der Waals surface area (Å²) >= 11 is 0. The van der Waals surface area contributed by atoms with Crippen molar-refractivity contribution in [3.05, 3.63) is 71.0 Å². The number of carbonyl (C=O) groups excluding carboxylic acids is 1. The minimum atomic E-state index is -0.479. The van der Waals surface area contributed by atoms with Crippen molar-refractivity contribution in [2.24, 2.45) is 0 Å². The first-order valence-corrected chi connectivity index (χ1v) is 9.19. The first-order chi connectivity index (χ1) is 14.1. The number of nitrogens with zero attached hydrogens (tertiary/aromatic N) is 3. The second-order valence-electron chi connectivity index (χ2n) is 6.28. The van der Waals surface area contributed by atoms with Crippen LogP contribution >= 0.6 is 0 Å². The number of hydrogen-bond acceptors (Lipinski definition) is 8. The molecule has 0 bridgehead atoms. The van der Waals surface area contributed by atoms with Gasteiger partial charge < -0.3 is 20.5 Å². The molecule has 150 valence electrons. The number of esters is 1. The van der Waals surface area contributed by atoms with Crippen LogP contribution in [0, 0.1) is 0 Å². The molecule has 8 heteroatoms. The highest BCUT2D eigenvalue weighted by molar-refractivity contribution is 5.89. The molecular weight excluding hydrogens is 370 g/mol. The van der Waals surface area contributed by atoms with Gasteiger partial charge in [0.2, 0.25) is 11.9 Å². The fourth-order valence-corrected chi connectivity index (χ4v) is 2.80. The van der Waals surface area contributed by atoms with Gasteiger partial charge in [-0.1, -0.05) is 37.3 Å². The van der Waals surface area contributed by atoms with Crippen molar-refractivity contribution >= 4 is 23.6 Å². The normalized spacial score (nSPS) is 10.6. The quantitative estimate of drug-likeness (QED) is 0.561. The minimum absolute atomic E-state index is 0.0459. The predicted octanol–water partition coefficient (Wildman–Crippen LogP) is 3.26. The van der Waals surface area contributed by atoms with E-state index < -0.39 is 5.97 Å². The summed E-state index contributed by atoms with van der Waals surface area (Å²) in [5.74, 6) is 0.124. The van der Waals surface area contributed by atoms with Crippen molar-refractivity contribution in [2.75, 3.05) is 18.2 Å². The Balaban J connectivity index is 1.70. The van der Waals surface area contributed by atoms with Gasteiger partial charge in [-0.3, -0.25) is 0 Å². The summed E-state index contributed by atoms with van der Waals surface area (Å²) < 4.78 is 10.4. The zero-order valence-electron chi connectivity index (χ0n) is 16.4. The number of methoxy groups -OCH3 is 1. The fourth-order valence-electron chi connectivity index (χ4n) is 2.80. The van der Waals surface area contributed by atoms with Gasteiger partial charge in [-0.25, -0.2) is 4.79 Å². The number of nitrogens with one attached hydrogen (secondary N) is 1. The maximum absolute atomic E-state index is 12.3. The van der Waals surface area contributed by atoms with Crippen LogP contribution in [0.3, 0.4) is 0 Å². The van der Waals surface area contributed by atoms with E-state index in [0.717, 1.165) is 23.2 Å². The molecule has 3 rings (SSSR count). The summed E-state index contributed by atoms with van der Waals surface area (Å²) in [6.45, 7) is 2.36. The maximum Gasteiger partial charge on any atom is 0.338 e. The molecule has 0 amide bonds. The first-order valence-electron chi connectivity index (χ1n) is 9.19. The van der Waals surface area contributed by atoms with Crippen molar-refractivity contribution in [3.63, 3.8) is 0 Å². The van der Waals surface area contributed by atoms with E-state index >= 15 is 0 Å². The molecule has 0 aliphatic carbocycles. The van der Waals surface area contributed by atoms with E-state index in [2.05, 4.69) is 27.2 Å². The van der Waals surface area contributed by atoms with E-state index in [4.69, 9.17) is 15.2 Å². The number of benzene rings is 2. The summed E-state index contributed by atoms with van der Waals surface area (Å²) in [5.41, 5.74) is 9.12. The number of anilines is 3. The topological polar surface area (TPSA) is 112 Å². The van der Waals surface area contributed by atoms with Crippen molar-refractivity contribution in [1.82, 2.24) is 15.0 Å². The summed E-state index contributed by atoms with van der Waals surface area (Å²) in [7, 11) is 1.60. The van der Waals surface area contributed by atoms with Crippen LogP contribution in [0.4, 0.5) is 17.6 Å². The van der Waals surface area contributed by atoms with Crippen molar-refractivity contribution in [1.29, 1.82) is 0 Å². The molecule has 0 unspecified atom stereocenters. The van der Waals surface area contributed by atoms with Crippen LogP contribution in [-0.4, -0.2) is 28.0 Å². The maximum atomic E-state index is 12.3. The highest BCUT2D eigenvalue weighted by atomic mass is 16.5. The molecule has 3 aromatic rings. The van der Waals surface area contributed by atoms with E-state index in [0.29, 0.717) is 18.1 Å². The molecule has 0 radical (unpaired) electrons. The number of nitrogens with two attached hydrogens (primary N) is 1. The molecule has 2 aromatic carbocycles. The van der Waals surface area contributed by atoms with Gasteiger partial charge in [0, 0.05) is 12.8 Å². The molecule has 1 heterocycles. The monoisotopic (exact) mass is 393 g/mol. The summed E-state index contributed by atoms with van der Waals surface area (Å²) in [6.07, 6.45) is 0.857. The van der Waals surface area contributed by atoms with E-state index in [9.17, 15) is 4.79 Å². The Labute approximate surface area is 169 Å². The molecule has 0 aliphatic rings. The first kappa shape index (κ1) is 20.2. The predicted molar refractivity (Wildman–Crippen MR) is 110 cm³/mol. The Morgan fingerprint density at radius 3 is 2.69 bits per heavy atom. The molecule has 1 aromatic heterocycles. The summed E-state index contributed by atoms with van der Waals surface area (Å²) in [4.78, 5) is 24.8. The Hall–Kier alpha value is -3.52. The second-order valence-corrected chi connectivity index (χ2v) is 6.28. The number of ether oxygens (including phenoxy) is 2. The van der Waals surface area contributed by atoms with Crippen LogP contribution in [0.1, 0.15) is 34.2 Å². The van der Waals surface area contributed by atoms with Crippen molar-refractivity contribution < 1.29 is 14.3 Å². The van der Waals surface area contributed by atoms with Crippen LogP contribution < -0.4 is 11.1 Å². The third kappa shape index (κ3) is 5.49. The molecule has 0 saturated carbocycles. The number of hydrogen-bond donors (Lipinski definition) is 2. The molecule has 0 fully saturated rings. The van der Waals surface area contributed by atoms with Gasteiger partial charge in [0.15, 0.2) is 12.4 Å². The smallest absolute Gasteiger partial charge is 0.338 e. The van der Waals surface area contributed by atoms with E-state index in [-0.39, 0.29) is 18.4 Å². The number of aromatic nitrogens is 3. The SMILES string of the molecule is CCc1ccccc1Nc1nc(N)nc(COC(=O)c2cccc(COC)c2)n1. The van der Waals surface area contributed by atoms with Crippen molar-refractivity contribution in [2.45, 2.75) is 26.6 Å². The molecule has 0 atom stereocenters. The Kier molecular flexibility index (Phi) is 6.70. The van der Waals surface area contributed by atoms with Gasteiger partial charge in [0.1, 0.15) is 0 Å². The standard InChI is InChI=1S/C21H23N5O3/c1-3-15-8-4-5-10-17(15)23-21-25-18(24-20(22)26-21)13-29-19(27)16-9-6-7-14(11-16)12-28-2/h4-11H,3,12-13H2,1-2H3,(H3,22,23,24,25,26). The van der Waals surface area contributed by atoms with Crippen LogP contribution in [0.2, 0.25) is 0 Å². The Bertz CT molecular complexity index is 994. The summed E-state index contributed by atoms with van der Waals surface area (Å²) in [6, 6.07) is 14.9. The Morgan fingerprint density at radius 1 is 1.07 bits per heavy atom. The molecule has 3 N–H and O–H groups in total. The molecule has 0 spiro atoms. The molecule has 29 heavy (non-hydrogen) atoms. The second kappa shape index (κ2) is 9.61. The average Bonchev–Trinajstić information content (AvgIpc) is 2.72. The lowest BCUT2D eigenvalue weighted by molar-refractivity contribution is 0.0462. The van der Waals surface area contributed by atoms with Crippen LogP contribution in [-0.2, 0) is 29.1 Å². The van der Waals surface area contributed by atoms with Crippen LogP contribution in [0.15, 0.2) is 48.5 Å². The fraction of sp³-hybridized carbons (Fsp3) is 0.238. The average molecular weight is 393 g/mol. The molecule has 8 nitrogen and oxygen atoms in total. The number of carbonyl (C=O) groups is 1. The number of rotatable bonds is 8. The highest BCUT2D eigenvalue weighted by Gasteiger charge is 2.12. The van der Waals surface area contributed by atoms with Gasteiger partial charge in [-0.2, -0.15) is 15.0 Å². The zero-order chi connectivity index (χ0) is 20.6. The van der Waals surface area contributed by atoms with Gasteiger partial charge in [-0.15, -0.1) is 0 Å². The van der Waals surface area contributed by atoms with Gasteiger partial charge >= 0.3 is 5.97 Å². The minimum Gasteiger partial charge on any atom is -0.454 e.